The zero-order valence-corrected chi connectivity index (χ0v) is 15.8. The van der Waals surface area contributed by atoms with Gasteiger partial charge in [0.25, 0.3) is 0 Å². The van der Waals surface area contributed by atoms with Gasteiger partial charge in [0.2, 0.25) is 10.0 Å². The van der Waals surface area contributed by atoms with Gasteiger partial charge in [-0.05, 0) is 55.3 Å². The van der Waals surface area contributed by atoms with Crippen molar-refractivity contribution < 1.29 is 13.5 Å². The first-order valence-corrected chi connectivity index (χ1v) is 10.9. The van der Waals surface area contributed by atoms with Crippen LogP contribution in [0.5, 0.6) is 5.75 Å². The van der Waals surface area contributed by atoms with E-state index >= 15 is 0 Å². The molecule has 1 aliphatic rings. The van der Waals surface area contributed by atoms with E-state index < -0.39 is 10.0 Å². The molecule has 1 aliphatic heterocycles. The number of aromatic nitrogens is 1. The summed E-state index contributed by atoms with van der Waals surface area (Å²) < 4.78 is 25.9. The number of phenols is 1. The van der Waals surface area contributed by atoms with Crippen LogP contribution in [0.3, 0.4) is 0 Å². The molecule has 0 amide bonds. The third-order valence-corrected chi connectivity index (χ3v) is 7.22. The van der Waals surface area contributed by atoms with Gasteiger partial charge in [0.1, 0.15) is 10.8 Å². The van der Waals surface area contributed by atoms with Gasteiger partial charge < -0.3 is 5.11 Å². The van der Waals surface area contributed by atoms with Crippen molar-refractivity contribution in [3.63, 3.8) is 0 Å². The molecule has 0 fully saturated rings. The maximum Gasteiger partial charge on any atom is 0.234 e. The van der Waals surface area contributed by atoms with Crippen molar-refractivity contribution >= 4 is 27.0 Å². The molecule has 0 unspecified atom stereocenters. The molecule has 0 atom stereocenters. The summed E-state index contributed by atoms with van der Waals surface area (Å²) in [6, 6.07) is 12.8. The molecule has 0 saturated carbocycles. The molecular weight excluding hydrogens is 368 g/mol. The summed E-state index contributed by atoms with van der Waals surface area (Å²) in [5.41, 5.74) is 4.64. The summed E-state index contributed by atoms with van der Waals surface area (Å²) in [5, 5.41) is 12.3. The van der Waals surface area contributed by atoms with E-state index in [1.54, 1.807) is 30.4 Å². The highest BCUT2D eigenvalue weighted by Gasteiger charge is 2.28. The molecule has 0 bridgehead atoms. The lowest BCUT2D eigenvalue weighted by Gasteiger charge is -2.18. The zero-order chi connectivity index (χ0) is 18.3. The lowest BCUT2D eigenvalue weighted by Crippen LogP contribution is -2.30. The summed E-state index contributed by atoms with van der Waals surface area (Å²) in [7, 11) is -3.22. The first-order chi connectivity index (χ1) is 12.5. The Morgan fingerprint density at radius 3 is 2.62 bits per heavy atom. The van der Waals surface area contributed by atoms with Crippen LogP contribution in [0.25, 0.3) is 21.8 Å². The van der Waals surface area contributed by atoms with E-state index in [-0.39, 0.29) is 11.5 Å². The number of rotatable bonds is 4. The number of hydrogen-bond acceptors (Lipinski definition) is 5. The number of hydrogen-bond donors (Lipinski definition) is 1. The Hall–Kier alpha value is -2.38. The van der Waals surface area contributed by atoms with Crippen LogP contribution in [0.1, 0.15) is 12.5 Å². The van der Waals surface area contributed by atoms with Gasteiger partial charge in [0.05, 0.1) is 17.1 Å². The smallest absolute Gasteiger partial charge is 0.234 e. The Morgan fingerprint density at radius 1 is 1.15 bits per heavy atom. The highest BCUT2D eigenvalue weighted by atomic mass is 32.2. The van der Waals surface area contributed by atoms with E-state index in [0.717, 1.165) is 39.5 Å². The fourth-order valence-corrected chi connectivity index (χ4v) is 5.11. The van der Waals surface area contributed by atoms with Crippen molar-refractivity contribution in [2.24, 2.45) is 0 Å². The Balaban J connectivity index is 1.66. The van der Waals surface area contributed by atoms with E-state index in [9.17, 15) is 13.5 Å². The largest absolute Gasteiger partial charge is 0.508 e. The SMILES string of the molecule is CCS(=O)(=O)N1CCc2cc(-c3csc(-c4ccc(O)cc4)n3)ccc21. The molecule has 2 aromatic carbocycles. The third kappa shape index (κ3) is 2.97. The van der Waals surface area contributed by atoms with Crippen molar-refractivity contribution in [2.45, 2.75) is 13.3 Å². The summed E-state index contributed by atoms with van der Waals surface area (Å²) in [5.74, 6) is 0.340. The number of phenolic OH excluding ortho intramolecular Hbond substituents is 1. The molecule has 0 radical (unpaired) electrons. The molecule has 1 aromatic heterocycles. The monoisotopic (exact) mass is 386 g/mol. The van der Waals surface area contributed by atoms with Crippen molar-refractivity contribution in [3.8, 4) is 27.6 Å². The van der Waals surface area contributed by atoms with Crippen LogP contribution in [-0.2, 0) is 16.4 Å². The van der Waals surface area contributed by atoms with Crippen LogP contribution >= 0.6 is 11.3 Å². The van der Waals surface area contributed by atoms with Crippen LogP contribution < -0.4 is 4.31 Å². The van der Waals surface area contributed by atoms with E-state index in [0.29, 0.717) is 6.54 Å². The number of sulfonamides is 1. The van der Waals surface area contributed by atoms with Gasteiger partial charge in [-0.3, -0.25) is 4.31 Å². The molecule has 26 heavy (non-hydrogen) atoms. The van der Waals surface area contributed by atoms with Gasteiger partial charge in [-0.25, -0.2) is 13.4 Å². The Kier molecular flexibility index (Phi) is 4.20. The van der Waals surface area contributed by atoms with E-state index in [2.05, 4.69) is 0 Å². The maximum atomic E-state index is 12.2. The Labute approximate surface area is 156 Å². The second-order valence-corrected chi connectivity index (χ2v) is 9.19. The lowest BCUT2D eigenvalue weighted by molar-refractivity contribution is 0.475. The predicted molar refractivity (Wildman–Crippen MR) is 105 cm³/mol. The number of anilines is 1. The van der Waals surface area contributed by atoms with Crippen LogP contribution in [0, 0.1) is 0 Å². The second-order valence-electron chi connectivity index (χ2n) is 6.15. The average molecular weight is 386 g/mol. The molecule has 3 aromatic rings. The normalized spacial score (nSPS) is 13.8. The van der Waals surface area contributed by atoms with Crippen molar-refractivity contribution in [1.82, 2.24) is 4.98 Å². The number of fused-ring (bicyclic) bond motifs is 1. The zero-order valence-electron chi connectivity index (χ0n) is 14.2. The molecular formula is C19H18N2O3S2. The topological polar surface area (TPSA) is 70.5 Å². The summed E-state index contributed by atoms with van der Waals surface area (Å²) in [6.45, 7) is 2.17. The fourth-order valence-electron chi connectivity index (χ4n) is 3.12. The molecule has 0 saturated heterocycles. The molecule has 2 heterocycles. The van der Waals surface area contributed by atoms with Gasteiger partial charge in [-0.2, -0.15) is 0 Å². The molecule has 1 N–H and O–H groups in total. The highest BCUT2D eigenvalue weighted by Crippen LogP contribution is 2.35. The van der Waals surface area contributed by atoms with Gasteiger partial charge in [-0.1, -0.05) is 6.07 Å². The molecule has 5 nitrogen and oxygen atoms in total. The minimum absolute atomic E-state index is 0.107. The van der Waals surface area contributed by atoms with Crippen molar-refractivity contribution in [3.05, 3.63) is 53.4 Å². The highest BCUT2D eigenvalue weighted by molar-refractivity contribution is 7.92. The number of thiazole rings is 1. The van der Waals surface area contributed by atoms with Crippen LogP contribution in [0.4, 0.5) is 5.69 Å². The number of nitrogens with zero attached hydrogens (tertiary/aromatic N) is 2. The minimum Gasteiger partial charge on any atom is -0.508 e. The van der Waals surface area contributed by atoms with Crippen molar-refractivity contribution in [1.29, 1.82) is 0 Å². The second kappa shape index (κ2) is 6.41. The van der Waals surface area contributed by atoms with Gasteiger partial charge in [0.15, 0.2) is 0 Å². The summed E-state index contributed by atoms with van der Waals surface area (Å²) in [6.07, 6.45) is 0.720. The Bertz CT molecular complexity index is 1060. The van der Waals surface area contributed by atoms with Crippen LogP contribution in [-0.4, -0.2) is 30.8 Å². The number of aromatic hydroxyl groups is 1. The first-order valence-electron chi connectivity index (χ1n) is 8.36. The number of benzene rings is 2. The molecule has 0 aliphatic carbocycles. The summed E-state index contributed by atoms with van der Waals surface area (Å²) >= 11 is 1.55. The van der Waals surface area contributed by atoms with Gasteiger partial charge >= 0.3 is 0 Å². The van der Waals surface area contributed by atoms with E-state index in [4.69, 9.17) is 4.98 Å². The fraction of sp³-hybridized carbons (Fsp3) is 0.211. The molecule has 0 spiro atoms. The molecule has 134 valence electrons. The first kappa shape index (κ1) is 17.1. The molecule has 7 heteroatoms. The predicted octanol–water partition coefficient (Wildman–Crippen LogP) is 3.89. The van der Waals surface area contributed by atoms with Crippen molar-refractivity contribution in [2.75, 3.05) is 16.6 Å². The Morgan fingerprint density at radius 2 is 1.88 bits per heavy atom. The third-order valence-electron chi connectivity index (χ3n) is 4.55. The summed E-state index contributed by atoms with van der Waals surface area (Å²) in [4.78, 5) is 4.69. The quantitative estimate of drug-likeness (QED) is 0.738. The van der Waals surface area contributed by atoms with Crippen LogP contribution in [0.2, 0.25) is 0 Å². The average Bonchev–Trinajstić information content (AvgIpc) is 3.29. The van der Waals surface area contributed by atoms with E-state index in [1.807, 2.05) is 35.7 Å². The van der Waals surface area contributed by atoms with Crippen LogP contribution in [0.15, 0.2) is 47.8 Å². The lowest BCUT2D eigenvalue weighted by atomic mass is 10.1. The van der Waals surface area contributed by atoms with E-state index in [1.165, 1.54) is 4.31 Å². The minimum atomic E-state index is -3.22. The molecule has 4 rings (SSSR count). The standard InChI is InChI=1S/C19H18N2O3S2/c1-2-26(23,24)21-10-9-15-11-14(5-8-18(15)21)17-12-25-19(20-17)13-3-6-16(22)7-4-13/h3-8,11-12,22H,2,9-10H2,1H3. The maximum absolute atomic E-state index is 12.2. The van der Waals surface area contributed by atoms with Gasteiger partial charge in [0, 0.05) is 23.1 Å². The van der Waals surface area contributed by atoms with Gasteiger partial charge in [-0.15, -0.1) is 11.3 Å².